The molecule has 92 valence electrons. The van der Waals surface area contributed by atoms with E-state index in [-0.39, 0.29) is 11.5 Å². The monoisotopic (exact) mass is 307 g/mol. The van der Waals surface area contributed by atoms with Crippen molar-refractivity contribution in [2.24, 2.45) is 0 Å². The molecule has 0 unspecified atom stereocenters. The fourth-order valence-electron chi connectivity index (χ4n) is 1.40. The van der Waals surface area contributed by atoms with E-state index in [9.17, 15) is 9.90 Å². The van der Waals surface area contributed by atoms with Crippen molar-refractivity contribution in [1.29, 1.82) is 0 Å². The van der Waals surface area contributed by atoms with Crippen molar-refractivity contribution in [3.8, 4) is 11.5 Å². The maximum absolute atomic E-state index is 10.8. The summed E-state index contributed by atoms with van der Waals surface area (Å²) in [6.45, 7) is 0.302. The predicted octanol–water partition coefficient (Wildman–Crippen LogP) is 2.94. The van der Waals surface area contributed by atoms with Crippen molar-refractivity contribution < 1.29 is 14.6 Å². The molecule has 1 N–H and O–H groups in total. The number of pyridine rings is 1. The Labute approximate surface area is 112 Å². The van der Waals surface area contributed by atoms with Gasteiger partial charge in [-0.15, -0.1) is 0 Å². The maximum Gasteiger partial charge on any atom is 0.162 e. The van der Waals surface area contributed by atoms with Gasteiger partial charge in [-0.3, -0.25) is 9.78 Å². The first kappa shape index (κ1) is 12.6. The molecule has 0 amide bonds. The van der Waals surface area contributed by atoms with Crippen LogP contribution >= 0.6 is 15.9 Å². The van der Waals surface area contributed by atoms with Gasteiger partial charge in [0.25, 0.3) is 0 Å². The van der Waals surface area contributed by atoms with Gasteiger partial charge in [0, 0.05) is 22.4 Å². The molecule has 0 aliphatic rings. The quantitative estimate of drug-likeness (QED) is 0.882. The maximum atomic E-state index is 10.8. The van der Waals surface area contributed by atoms with Crippen LogP contribution in [0.3, 0.4) is 0 Å². The molecule has 18 heavy (non-hydrogen) atoms. The van der Waals surface area contributed by atoms with E-state index >= 15 is 0 Å². The third kappa shape index (κ3) is 2.87. The molecule has 5 heteroatoms. The number of hydrogen-bond donors (Lipinski definition) is 1. The van der Waals surface area contributed by atoms with Crippen LogP contribution in [0, 0.1) is 0 Å². The van der Waals surface area contributed by atoms with Gasteiger partial charge in [0.1, 0.15) is 6.61 Å². The van der Waals surface area contributed by atoms with Gasteiger partial charge in [0.05, 0.1) is 0 Å². The first-order valence-corrected chi connectivity index (χ1v) is 5.99. The number of nitrogens with zero attached hydrogens (tertiary/aromatic N) is 1. The third-order valence-corrected chi connectivity index (χ3v) is 3.04. The molecule has 0 saturated carbocycles. The number of phenols is 1. The number of rotatable bonds is 4. The van der Waals surface area contributed by atoms with Gasteiger partial charge in [0.2, 0.25) is 0 Å². The topological polar surface area (TPSA) is 59.4 Å². The Balaban J connectivity index is 2.17. The first-order valence-electron chi connectivity index (χ1n) is 5.20. The second-order valence-corrected chi connectivity index (χ2v) is 4.46. The van der Waals surface area contributed by atoms with Gasteiger partial charge in [-0.1, -0.05) is 0 Å². The SMILES string of the molecule is O=Cc1cc(OCc2ccncc2)c(O)cc1Br. The Bertz CT molecular complexity index is 558. The van der Waals surface area contributed by atoms with Crippen molar-refractivity contribution in [1.82, 2.24) is 4.98 Å². The summed E-state index contributed by atoms with van der Waals surface area (Å²) in [5.74, 6) is 0.263. The lowest BCUT2D eigenvalue weighted by Crippen LogP contribution is -1.97. The Morgan fingerprint density at radius 3 is 2.72 bits per heavy atom. The highest BCUT2D eigenvalue weighted by molar-refractivity contribution is 9.10. The summed E-state index contributed by atoms with van der Waals surface area (Å²) in [5.41, 5.74) is 1.36. The molecule has 2 aromatic rings. The van der Waals surface area contributed by atoms with Crippen LogP contribution in [0.4, 0.5) is 0 Å². The van der Waals surface area contributed by atoms with E-state index in [1.54, 1.807) is 12.4 Å². The van der Waals surface area contributed by atoms with E-state index < -0.39 is 0 Å². The molecule has 0 atom stereocenters. The number of aromatic hydroxyl groups is 1. The van der Waals surface area contributed by atoms with Crippen LogP contribution in [0.15, 0.2) is 41.1 Å². The lowest BCUT2D eigenvalue weighted by Gasteiger charge is -2.09. The van der Waals surface area contributed by atoms with E-state index in [0.717, 1.165) is 5.56 Å². The zero-order valence-electron chi connectivity index (χ0n) is 9.34. The number of halogens is 1. The molecule has 0 aliphatic heterocycles. The van der Waals surface area contributed by atoms with Crippen LogP contribution in [0.2, 0.25) is 0 Å². The number of aromatic nitrogens is 1. The van der Waals surface area contributed by atoms with Gasteiger partial charge in [0.15, 0.2) is 17.8 Å². The van der Waals surface area contributed by atoms with Crippen LogP contribution in [0.5, 0.6) is 11.5 Å². The van der Waals surface area contributed by atoms with E-state index in [1.165, 1.54) is 12.1 Å². The minimum atomic E-state index is -0.0125. The Hall–Kier alpha value is -1.88. The fourth-order valence-corrected chi connectivity index (χ4v) is 1.83. The molecule has 0 aliphatic carbocycles. The van der Waals surface area contributed by atoms with Gasteiger partial charge >= 0.3 is 0 Å². The molecule has 0 fully saturated rings. The molecule has 1 heterocycles. The van der Waals surface area contributed by atoms with Crippen LogP contribution < -0.4 is 4.74 Å². The summed E-state index contributed by atoms with van der Waals surface area (Å²) in [5, 5.41) is 9.71. The first-order chi connectivity index (χ1) is 8.70. The van der Waals surface area contributed by atoms with Gasteiger partial charge in [-0.2, -0.15) is 0 Å². The van der Waals surface area contributed by atoms with E-state index in [4.69, 9.17) is 4.74 Å². The average Bonchev–Trinajstić information content (AvgIpc) is 2.39. The largest absolute Gasteiger partial charge is 0.504 e. The molecular weight excluding hydrogens is 298 g/mol. The number of carbonyl (C=O) groups excluding carboxylic acids is 1. The molecule has 1 aromatic carbocycles. The summed E-state index contributed by atoms with van der Waals surface area (Å²) >= 11 is 3.18. The highest BCUT2D eigenvalue weighted by Crippen LogP contribution is 2.32. The van der Waals surface area contributed by atoms with Crippen molar-refractivity contribution in [3.05, 3.63) is 52.3 Å². The second kappa shape index (κ2) is 5.64. The standard InChI is InChI=1S/C13H10BrNO3/c14-11-6-12(17)13(5-10(11)7-16)18-8-9-1-3-15-4-2-9/h1-7,17H,8H2. The molecule has 2 rings (SSSR count). The number of phenolic OH excluding ortho intramolecular Hbond substituents is 1. The summed E-state index contributed by atoms with van der Waals surface area (Å²) in [4.78, 5) is 14.7. The molecule has 0 radical (unpaired) electrons. The third-order valence-electron chi connectivity index (χ3n) is 2.35. The molecule has 0 bridgehead atoms. The van der Waals surface area contributed by atoms with Gasteiger partial charge in [-0.25, -0.2) is 0 Å². The van der Waals surface area contributed by atoms with E-state index in [2.05, 4.69) is 20.9 Å². The number of carbonyl (C=O) groups is 1. The highest BCUT2D eigenvalue weighted by Gasteiger charge is 2.08. The lowest BCUT2D eigenvalue weighted by molar-refractivity contribution is 0.112. The minimum Gasteiger partial charge on any atom is -0.504 e. The number of hydrogen-bond acceptors (Lipinski definition) is 4. The number of aldehydes is 1. The van der Waals surface area contributed by atoms with E-state index in [1.807, 2.05) is 12.1 Å². The smallest absolute Gasteiger partial charge is 0.162 e. The Kier molecular flexibility index (Phi) is 3.94. The summed E-state index contributed by atoms with van der Waals surface area (Å²) in [6, 6.07) is 6.56. The Morgan fingerprint density at radius 2 is 2.06 bits per heavy atom. The van der Waals surface area contributed by atoms with Crippen molar-refractivity contribution in [2.75, 3.05) is 0 Å². The Morgan fingerprint density at radius 1 is 1.33 bits per heavy atom. The van der Waals surface area contributed by atoms with Crippen molar-refractivity contribution in [2.45, 2.75) is 6.61 Å². The molecule has 0 spiro atoms. The van der Waals surface area contributed by atoms with Crippen LogP contribution in [-0.2, 0) is 6.61 Å². The molecule has 0 saturated heterocycles. The van der Waals surface area contributed by atoms with Crippen molar-refractivity contribution >= 4 is 22.2 Å². The average molecular weight is 308 g/mol. The molecule has 4 nitrogen and oxygen atoms in total. The molecule has 1 aromatic heterocycles. The van der Waals surface area contributed by atoms with Gasteiger partial charge < -0.3 is 9.84 Å². The van der Waals surface area contributed by atoms with Gasteiger partial charge in [-0.05, 0) is 45.8 Å². The fraction of sp³-hybridized carbons (Fsp3) is 0.0769. The summed E-state index contributed by atoms with van der Waals surface area (Å²) in [7, 11) is 0. The zero-order valence-corrected chi connectivity index (χ0v) is 10.9. The van der Waals surface area contributed by atoms with Crippen LogP contribution in [-0.4, -0.2) is 16.4 Å². The number of benzene rings is 1. The lowest BCUT2D eigenvalue weighted by atomic mass is 10.2. The summed E-state index contributed by atoms with van der Waals surface area (Å²) < 4.78 is 6.00. The second-order valence-electron chi connectivity index (χ2n) is 3.60. The van der Waals surface area contributed by atoms with E-state index in [0.29, 0.717) is 22.9 Å². The normalized spacial score (nSPS) is 10.1. The van der Waals surface area contributed by atoms with Crippen LogP contribution in [0.1, 0.15) is 15.9 Å². The zero-order chi connectivity index (χ0) is 13.0. The predicted molar refractivity (Wildman–Crippen MR) is 69.8 cm³/mol. The summed E-state index contributed by atoms with van der Waals surface area (Å²) in [6.07, 6.45) is 4.02. The molecular formula is C13H10BrNO3. The van der Waals surface area contributed by atoms with Crippen molar-refractivity contribution in [3.63, 3.8) is 0 Å². The van der Waals surface area contributed by atoms with Crippen LogP contribution in [0.25, 0.3) is 0 Å². The number of ether oxygens (including phenoxy) is 1. The minimum absolute atomic E-state index is 0.0125. The highest BCUT2D eigenvalue weighted by atomic mass is 79.9.